The lowest BCUT2D eigenvalue weighted by molar-refractivity contribution is 0.130. The second-order valence-corrected chi connectivity index (χ2v) is 3.38. The molecule has 13 heavy (non-hydrogen) atoms. The molecule has 0 aliphatic rings. The van der Waals surface area contributed by atoms with Crippen LogP contribution in [0.4, 0.5) is 0 Å². The van der Waals surface area contributed by atoms with Crippen LogP contribution in [0.2, 0.25) is 0 Å². The van der Waals surface area contributed by atoms with Gasteiger partial charge in [0.05, 0.1) is 6.61 Å². The molecular weight excluding hydrogens is 166 g/mol. The van der Waals surface area contributed by atoms with Crippen LogP contribution in [0.5, 0.6) is 0 Å². The summed E-state index contributed by atoms with van der Waals surface area (Å²) in [6, 6.07) is 0. The van der Waals surface area contributed by atoms with E-state index in [0.29, 0.717) is 5.92 Å². The summed E-state index contributed by atoms with van der Waals surface area (Å²) in [4.78, 5) is 0. The van der Waals surface area contributed by atoms with Crippen molar-refractivity contribution in [3.8, 4) is 0 Å². The van der Waals surface area contributed by atoms with Gasteiger partial charge in [0.25, 0.3) is 0 Å². The van der Waals surface area contributed by atoms with Crippen LogP contribution in [-0.2, 0) is 9.47 Å². The van der Waals surface area contributed by atoms with Crippen molar-refractivity contribution in [2.24, 2.45) is 5.92 Å². The Morgan fingerprint density at radius 3 is 2.69 bits per heavy atom. The zero-order chi connectivity index (χ0) is 9.94. The molecule has 0 amide bonds. The number of hydrogen-bond acceptors (Lipinski definition) is 3. The molecule has 0 bridgehead atoms. The summed E-state index contributed by atoms with van der Waals surface area (Å²) in [5, 5.41) is 3.32. The first-order valence-electron chi connectivity index (χ1n) is 5.08. The van der Waals surface area contributed by atoms with E-state index in [2.05, 4.69) is 19.2 Å². The maximum atomic E-state index is 5.33. The van der Waals surface area contributed by atoms with E-state index in [9.17, 15) is 0 Å². The predicted molar refractivity (Wildman–Crippen MR) is 55.0 cm³/mol. The topological polar surface area (TPSA) is 30.5 Å². The van der Waals surface area contributed by atoms with Gasteiger partial charge in [-0.05, 0) is 18.9 Å². The third kappa shape index (κ3) is 9.80. The van der Waals surface area contributed by atoms with Gasteiger partial charge in [-0.2, -0.15) is 0 Å². The number of methoxy groups -OCH3 is 1. The lowest BCUT2D eigenvalue weighted by Crippen LogP contribution is -2.27. The molecule has 1 N–H and O–H groups in total. The summed E-state index contributed by atoms with van der Waals surface area (Å²) in [6.45, 7) is 8.74. The molecule has 0 heterocycles. The zero-order valence-corrected chi connectivity index (χ0v) is 9.14. The normalized spacial score (nSPS) is 13.2. The van der Waals surface area contributed by atoms with Gasteiger partial charge < -0.3 is 14.8 Å². The average molecular weight is 189 g/mol. The summed E-state index contributed by atoms with van der Waals surface area (Å²) >= 11 is 0. The van der Waals surface area contributed by atoms with Crippen LogP contribution in [0.15, 0.2) is 0 Å². The van der Waals surface area contributed by atoms with E-state index in [1.165, 1.54) is 0 Å². The molecule has 0 fully saturated rings. The molecule has 0 rings (SSSR count). The minimum atomic E-state index is 0.580. The molecule has 0 aromatic heterocycles. The largest absolute Gasteiger partial charge is 0.384 e. The van der Waals surface area contributed by atoms with Gasteiger partial charge in [-0.1, -0.05) is 13.8 Å². The van der Waals surface area contributed by atoms with Crippen LogP contribution in [0.3, 0.4) is 0 Å². The van der Waals surface area contributed by atoms with Crippen molar-refractivity contribution >= 4 is 0 Å². The Balaban J connectivity index is 2.97. The van der Waals surface area contributed by atoms with Gasteiger partial charge in [0.15, 0.2) is 0 Å². The number of ether oxygens (including phenoxy) is 2. The van der Waals surface area contributed by atoms with E-state index in [1.807, 2.05) is 0 Å². The van der Waals surface area contributed by atoms with Crippen molar-refractivity contribution in [2.75, 3.05) is 40.0 Å². The fourth-order valence-corrected chi connectivity index (χ4v) is 1.08. The van der Waals surface area contributed by atoms with Crippen LogP contribution in [0.25, 0.3) is 0 Å². The second kappa shape index (κ2) is 9.96. The molecule has 0 aliphatic carbocycles. The van der Waals surface area contributed by atoms with Crippen LogP contribution < -0.4 is 5.32 Å². The van der Waals surface area contributed by atoms with E-state index >= 15 is 0 Å². The van der Waals surface area contributed by atoms with Crippen LogP contribution >= 0.6 is 0 Å². The molecule has 1 unspecified atom stereocenters. The fourth-order valence-electron chi connectivity index (χ4n) is 1.08. The number of nitrogens with one attached hydrogen (secondary N) is 1. The maximum absolute atomic E-state index is 5.33. The highest BCUT2D eigenvalue weighted by atomic mass is 16.5. The second-order valence-electron chi connectivity index (χ2n) is 3.38. The first-order valence-corrected chi connectivity index (χ1v) is 5.08. The Labute approximate surface area is 81.8 Å². The molecular formula is C10H23NO2. The van der Waals surface area contributed by atoms with E-state index in [1.54, 1.807) is 7.11 Å². The van der Waals surface area contributed by atoms with Gasteiger partial charge in [0.2, 0.25) is 0 Å². The minimum Gasteiger partial charge on any atom is -0.384 e. The highest BCUT2D eigenvalue weighted by molar-refractivity contribution is 4.54. The minimum absolute atomic E-state index is 0.580. The van der Waals surface area contributed by atoms with Gasteiger partial charge in [-0.25, -0.2) is 0 Å². The Morgan fingerprint density at radius 2 is 2.08 bits per heavy atom. The van der Waals surface area contributed by atoms with Crippen molar-refractivity contribution in [3.63, 3.8) is 0 Å². The third-order valence-electron chi connectivity index (χ3n) is 1.72. The molecule has 1 atom stereocenters. The van der Waals surface area contributed by atoms with Gasteiger partial charge in [-0.15, -0.1) is 0 Å². The summed E-state index contributed by atoms with van der Waals surface area (Å²) < 4.78 is 10.4. The Hall–Kier alpha value is -0.120. The summed E-state index contributed by atoms with van der Waals surface area (Å²) in [5.41, 5.74) is 0. The predicted octanol–water partition coefficient (Wildman–Crippen LogP) is 1.29. The van der Waals surface area contributed by atoms with E-state index in [4.69, 9.17) is 9.47 Å². The van der Waals surface area contributed by atoms with Gasteiger partial charge >= 0.3 is 0 Å². The van der Waals surface area contributed by atoms with Crippen LogP contribution in [0, 0.1) is 5.92 Å². The van der Waals surface area contributed by atoms with Crippen molar-refractivity contribution < 1.29 is 9.47 Å². The maximum Gasteiger partial charge on any atom is 0.0590 e. The Bertz CT molecular complexity index is 98.9. The number of hydrogen-bond donors (Lipinski definition) is 1. The monoisotopic (exact) mass is 189 g/mol. The highest BCUT2D eigenvalue weighted by Crippen LogP contribution is 1.91. The molecule has 0 aromatic rings. The van der Waals surface area contributed by atoms with Crippen molar-refractivity contribution in [1.29, 1.82) is 0 Å². The third-order valence-corrected chi connectivity index (χ3v) is 1.72. The fraction of sp³-hybridized carbons (Fsp3) is 1.00. The molecule has 3 heteroatoms. The number of rotatable bonds is 9. The van der Waals surface area contributed by atoms with Crippen molar-refractivity contribution in [3.05, 3.63) is 0 Å². The van der Waals surface area contributed by atoms with Crippen molar-refractivity contribution in [2.45, 2.75) is 20.3 Å². The summed E-state index contributed by atoms with van der Waals surface area (Å²) in [7, 11) is 1.74. The van der Waals surface area contributed by atoms with E-state index in [0.717, 1.165) is 39.3 Å². The molecule has 0 aliphatic heterocycles. The van der Waals surface area contributed by atoms with Crippen molar-refractivity contribution in [1.82, 2.24) is 5.32 Å². The molecule has 0 spiro atoms. The molecule has 0 saturated carbocycles. The van der Waals surface area contributed by atoms with Gasteiger partial charge in [0, 0.05) is 26.9 Å². The van der Waals surface area contributed by atoms with Crippen LogP contribution in [0.1, 0.15) is 20.3 Å². The smallest absolute Gasteiger partial charge is 0.0590 e. The highest BCUT2D eigenvalue weighted by Gasteiger charge is 1.99. The first kappa shape index (κ1) is 12.9. The van der Waals surface area contributed by atoms with E-state index in [-0.39, 0.29) is 0 Å². The quantitative estimate of drug-likeness (QED) is 0.554. The SMILES string of the molecule is CCCOCCNCC(C)COC. The van der Waals surface area contributed by atoms with Gasteiger partial charge in [0.1, 0.15) is 0 Å². The lowest BCUT2D eigenvalue weighted by atomic mass is 10.2. The molecule has 80 valence electrons. The lowest BCUT2D eigenvalue weighted by Gasteiger charge is -2.11. The molecule has 0 radical (unpaired) electrons. The average Bonchev–Trinajstić information content (AvgIpc) is 2.11. The summed E-state index contributed by atoms with van der Waals surface area (Å²) in [5.74, 6) is 0.580. The van der Waals surface area contributed by atoms with Gasteiger partial charge in [-0.3, -0.25) is 0 Å². The Morgan fingerprint density at radius 1 is 1.31 bits per heavy atom. The Kier molecular flexibility index (Phi) is 9.87. The molecule has 3 nitrogen and oxygen atoms in total. The molecule has 0 aromatic carbocycles. The first-order chi connectivity index (χ1) is 6.31. The zero-order valence-electron chi connectivity index (χ0n) is 9.14. The summed E-state index contributed by atoms with van der Waals surface area (Å²) in [6.07, 6.45) is 1.10. The molecule has 0 saturated heterocycles. The van der Waals surface area contributed by atoms with E-state index < -0.39 is 0 Å². The standard InChI is InChI=1S/C10H23NO2/c1-4-6-13-7-5-11-8-10(2)9-12-3/h10-11H,4-9H2,1-3H3. The van der Waals surface area contributed by atoms with Crippen LogP contribution in [-0.4, -0.2) is 40.0 Å².